The number of hydrogen-bond donors (Lipinski definition) is 0. The highest BCUT2D eigenvalue weighted by Gasteiger charge is 2.35. The number of piperazine rings is 1. The molecular formula is C10H17F3N2. The highest BCUT2D eigenvalue weighted by atomic mass is 19.4. The molecule has 0 aromatic rings. The van der Waals surface area contributed by atoms with E-state index in [0.717, 1.165) is 19.5 Å². The third-order valence-electron chi connectivity index (χ3n) is 3.32. The number of nitrogens with zero attached hydrogens (tertiary/aromatic N) is 2. The average molecular weight is 222 g/mol. The van der Waals surface area contributed by atoms with Gasteiger partial charge in [-0.2, -0.15) is 13.2 Å². The van der Waals surface area contributed by atoms with Crippen LogP contribution >= 0.6 is 0 Å². The van der Waals surface area contributed by atoms with Crippen LogP contribution in [0.4, 0.5) is 13.2 Å². The van der Waals surface area contributed by atoms with Gasteiger partial charge < -0.3 is 0 Å². The lowest BCUT2D eigenvalue weighted by atomic mass is 9.99. The summed E-state index contributed by atoms with van der Waals surface area (Å²) in [5.74, 6) is 0. The molecule has 0 radical (unpaired) electrons. The Hall–Kier alpha value is -0.290. The second-order valence-electron chi connectivity index (χ2n) is 4.54. The molecule has 88 valence electrons. The van der Waals surface area contributed by atoms with Crippen LogP contribution in [0.1, 0.15) is 19.3 Å². The van der Waals surface area contributed by atoms with Crippen molar-refractivity contribution in [1.82, 2.24) is 9.80 Å². The smallest absolute Gasteiger partial charge is 0.298 e. The summed E-state index contributed by atoms with van der Waals surface area (Å²) in [6.45, 7) is 2.30. The number of halogens is 3. The summed E-state index contributed by atoms with van der Waals surface area (Å²) in [6.07, 6.45) is -0.609. The minimum absolute atomic E-state index is 0.370. The van der Waals surface area contributed by atoms with Gasteiger partial charge in [0.2, 0.25) is 0 Å². The molecule has 0 N–H and O–H groups in total. The van der Waals surface area contributed by atoms with Crippen LogP contribution in [0.3, 0.4) is 0 Å². The number of alkyl halides is 3. The minimum Gasteiger partial charge on any atom is -0.298 e. The van der Waals surface area contributed by atoms with Gasteiger partial charge in [-0.15, -0.1) is 0 Å². The van der Waals surface area contributed by atoms with Gasteiger partial charge in [0.1, 0.15) is 0 Å². The topological polar surface area (TPSA) is 6.48 Å². The molecule has 2 aliphatic rings. The molecule has 0 aliphatic carbocycles. The van der Waals surface area contributed by atoms with E-state index in [1.165, 1.54) is 12.8 Å². The molecule has 2 rings (SSSR count). The summed E-state index contributed by atoms with van der Waals surface area (Å²) >= 11 is 0. The first kappa shape index (κ1) is 11.2. The quantitative estimate of drug-likeness (QED) is 0.666. The Kier molecular flexibility index (Phi) is 3.21. The van der Waals surface area contributed by atoms with Gasteiger partial charge >= 0.3 is 6.18 Å². The lowest BCUT2D eigenvalue weighted by Gasteiger charge is -2.44. The largest absolute Gasteiger partial charge is 0.401 e. The molecule has 0 saturated carbocycles. The van der Waals surface area contributed by atoms with Crippen LogP contribution in [0.25, 0.3) is 0 Å². The minimum atomic E-state index is -4.04. The van der Waals surface area contributed by atoms with Crippen molar-refractivity contribution in [2.45, 2.75) is 31.5 Å². The van der Waals surface area contributed by atoms with Gasteiger partial charge in [0.25, 0.3) is 0 Å². The van der Waals surface area contributed by atoms with Crippen molar-refractivity contribution in [2.75, 3.05) is 32.7 Å². The van der Waals surface area contributed by atoms with E-state index in [-0.39, 0.29) is 0 Å². The summed E-state index contributed by atoms with van der Waals surface area (Å²) < 4.78 is 36.6. The molecule has 0 amide bonds. The maximum absolute atomic E-state index is 12.2. The Labute approximate surface area is 88.0 Å². The Morgan fingerprint density at radius 3 is 2.60 bits per heavy atom. The van der Waals surface area contributed by atoms with Gasteiger partial charge in [0, 0.05) is 25.7 Å². The van der Waals surface area contributed by atoms with Gasteiger partial charge in [-0.1, -0.05) is 6.42 Å². The molecule has 5 heteroatoms. The molecule has 2 saturated heterocycles. The average Bonchev–Trinajstić information content (AvgIpc) is 2.15. The molecule has 2 fully saturated rings. The molecule has 2 nitrogen and oxygen atoms in total. The second-order valence-corrected chi connectivity index (χ2v) is 4.54. The van der Waals surface area contributed by atoms with Gasteiger partial charge in [-0.3, -0.25) is 9.80 Å². The fourth-order valence-electron chi connectivity index (χ4n) is 2.62. The van der Waals surface area contributed by atoms with Crippen molar-refractivity contribution in [3.8, 4) is 0 Å². The van der Waals surface area contributed by atoms with E-state index < -0.39 is 12.7 Å². The van der Waals surface area contributed by atoms with E-state index in [1.54, 1.807) is 4.90 Å². The molecule has 1 unspecified atom stereocenters. The SMILES string of the molecule is FC(F)(F)CN1CCN2CCCCC2C1. The number of piperidine rings is 1. The lowest BCUT2D eigenvalue weighted by molar-refractivity contribution is -0.152. The fourth-order valence-corrected chi connectivity index (χ4v) is 2.62. The van der Waals surface area contributed by atoms with Crippen LogP contribution in [0, 0.1) is 0 Å². The number of rotatable bonds is 1. The first-order valence-corrected chi connectivity index (χ1v) is 5.58. The molecule has 0 aromatic carbocycles. The molecular weight excluding hydrogens is 205 g/mol. The predicted molar refractivity (Wildman–Crippen MR) is 51.7 cm³/mol. The van der Waals surface area contributed by atoms with Crippen LogP contribution in [0.2, 0.25) is 0 Å². The van der Waals surface area contributed by atoms with Crippen LogP contribution in [-0.2, 0) is 0 Å². The standard InChI is InChI=1S/C10H17F3N2/c11-10(12,13)8-14-5-6-15-4-2-1-3-9(15)7-14/h9H,1-8H2. The van der Waals surface area contributed by atoms with E-state index in [9.17, 15) is 13.2 Å². The van der Waals surface area contributed by atoms with Crippen LogP contribution in [-0.4, -0.2) is 54.7 Å². The highest BCUT2D eigenvalue weighted by Crippen LogP contribution is 2.23. The molecule has 2 aliphatic heterocycles. The molecule has 1 atom stereocenters. The highest BCUT2D eigenvalue weighted by molar-refractivity contribution is 4.85. The van der Waals surface area contributed by atoms with Crippen molar-refractivity contribution in [1.29, 1.82) is 0 Å². The van der Waals surface area contributed by atoms with Gasteiger partial charge in [-0.25, -0.2) is 0 Å². The van der Waals surface area contributed by atoms with Crippen LogP contribution < -0.4 is 0 Å². The van der Waals surface area contributed by atoms with Crippen LogP contribution in [0.15, 0.2) is 0 Å². The zero-order valence-electron chi connectivity index (χ0n) is 8.76. The maximum Gasteiger partial charge on any atom is 0.401 e. The van der Waals surface area contributed by atoms with E-state index in [0.29, 0.717) is 19.1 Å². The van der Waals surface area contributed by atoms with Crippen molar-refractivity contribution in [3.63, 3.8) is 0 Å². The van der Waals surface area contributed by atoms with Gasteiger partial charge in [-0.05, 0) is 19.4 Å². The Bertz CT molecular complexity index is 217. The Morgan fingerprint density at radius 2 is 1.87 bits per heavy atom. The zero-order chi connectivity index (χ0) is 10.9. The van der Waals surface area contributed by atoms with Crippen molar-refractivity contribution >= 4 is 0 Å². The first-order valence-electron chi connectivity index (χ1n) is 5.58. The molecule has 0 bridgehead atoms. The number of hydrogen-bond acceptors (Lipinski definition) is 2. The van der Waals surface area contributed by atoms with Gasteiger partial charge in [0.15, 0.2) is 0 Å². The van der Waals surface area contributed by atoms with Crippen molar-refractivity contribution in [2.24, 2.45) is 0 Å². The summed E-state index contributed by atoms with van der Waals surface area (Å²) in [5, 5.41) is 0. The zero-order valence-corrected chi connectivity index (χ0v) is 8.76. The first-order chi connectivity index (χ1) is 7.04. The molecule has 0 aromatic heterocycles. The third-order valence-corrected chi connectivity index (χ3v) is 3.32. The lowest BCUT2D eigenvalue weighted by Crippen LogP contribution is -2.56. The Balaban J connectivity index is 1.85. The summed E-state index contributed by atoms with van der Waals surface area (Å²) in [4.78, 5) is 3.89. The van der Waals surface area contributed by atoms with Crippen molar-refractivity contribution < 1.29 is 13.2 Å². The van der Waals surface area contributed by atoms with Gasteiger partial charge in [0.05, 0.1) is 6.54 Å². The van der Waals surface area contributed by atoms with Crippen LogP contribution in [0.5, 0.6) is 0 Å². The van der Waals surface area contributed by atoms with E-state index in [1.807, 2.05) is 0 Å². The van der Waals surface area contributed by atoms with Crippen molar-refractivity contribution in [3.05, 3.63) is 0 Å². The maximum atomic E-state index is 12.2. The fraction of sp³-hybridized carbons (Fsp3) is 1.00. The van der Waals surface area contributed by atoms with E-state index in [2.05, 4.69) is 4.90 Å². The summed E-state index contributed by atoms with van der Waals surface area (Å²) in [5.41, 5.74) is 0. The Morgan fingerprint density at radius 1 is 1.07 bits per heavy atom. The normalized spacial score (nSPS) is 30.2. The summed E-state index contributed by atoms with van der Waals surface area (Å²) in [7, 11) is 0. The molecule has 2 heterocycles. The molecule has 0 spiro atoms. The van der Waals surface area contributed by atoms with E-state index >= 15 is 0 Å². The van der Waals surface area contributed by atoms with E-state index in [4.69, 9.17) is 0 Å². The molecule has 15 heavy (non-hydrogen) atoms. The summed E-state index contributed by atoms with van der Waals surface area (Å²) in [6, 6.07) is 0.370. The third kappa shape index (κ3) is 3.08. The predicted octanol–water partition coefficient (Wildman–Crippen LogP) is 1.72. The second kappa shape index (κ2) is 4.29. The monoisotopic (exact) mass is 222 g/mol. The number of fused-ring (bicyclic) bond motifs is 1.